The number of hydrogen-bond donors (Lipinski definition) is 2. The summed E-state index contributed by atoms with van der Waals surface area (Å²) >= 11 is 6.00. The minimum absolute atomic E-state index is 0.170. The molecule has 3 rings (SSSR count). The Hall–Kier alpha value is -2.92. The zero-order valence-electron chi connectivity index (χ0n) is 19.6. The van der Waals surface area contributed by atoms with Crippen LogP contribution in [0.1, 0.15) is 25.7 Å². The largest absolute Gasteiger partial charge is 0.423 e. The van der Waals surface area contributed by atoms with Gasteiger partial charge in [0.15, 0.2) is 0 Å². The molecular formula is C25H29ClN2O7S. The first-order valence-electron chi connectivity index (χ1n) is 11.5. The molecule has 1 aliphatic carbocycles. The van der Waals surface area contributed by atoms with Crippen LogP contribution in [0.2, 0.25) is 5.02 Å². The highest BCUT2D eigenvalue weighted by molar-refractivity contribution is 7.85. The van der Waals surface area contributed by atoms with Crippen molar-refractivity contribution < 1.29 is 32.0 Å². The molecule has 0 atom stereocenters. The average molecular weight is 537 g/mol. The van der Waals surface area contributed by atoms with Crippen LogP contribution in [0.25, 0.3) is 0 Å². The molecule has 2 N–H and O–H groups in total. The molecule has 0 spiro atoms. The van der Waals surface area contributed by atoms with Gasteiger partial charge in [0, 0.05) is 11.6 Å². The van der Waals surface area contributed by atoms with Crippen LogP contribution in [-0.4, -0.2) is 50.5 Å². The molecule has 2 amide bonds. The third-order valence-electron chi connectivity index (χ3n) is 5.62. The number of amides is 2. The van der Waals surface area contributed by atoms with Gasteiger partial charge in [-0.15, -0.1) is 0 Å². The van der Waals surface area contributed by atoms with E-state index in [0.29, 0.717) is 23.0 Å². The highest BCUT2D eigenvalue weighted by Crippen LogP contribution is 2.30. The number of halogens is 1. The summed E-state index contributed by atoms with van der Waals surface area (Å²) in [5.41, 5.74) is 2.33. The Kier molecular flexibility index (Phi) is 10.3. The third-order valence-corrected chi connectivity index (χ3v) is 6.60. The molecule has 2 aromatic carbocycles. The Balaban J connectivity index is 1.45. The number of allylic oxidation sites excluding steroid dienone is 1. The van der Waals surface area contributed by atoms with Crippen molar-refractivity contribution in [3.8, 4) is 0 Å². The average Bonchev–Trinajstić information content (AvgIpc) is 2.85. The molecular weight excluding hydrogens is 508 g/mol. The molecule has 0 unspecified atom stereocenters. The molecule has 1 saturated carbocycles. The van der Waals surface area contributed by atoms with Crippen molar-refractivity contribution in [2.24, 2.45) is 5.92 Å². The van der Waals surface area contributed by atoms with Gasteiger partial charge in [0.2, 0.25) is 5.91 Å². The monoisotopic (exact) mass is 536 g/mol. The number of carbonyl (C=O) groups excluding carboxylic acids is 2. The van der Waals surface area contributed by atoms with E-state index in [9.17, 15) is 18.0 Å². The highest BCUT2D eigenvalue weighted by Gasteiger charge is 2.21. The van der Waals surface area contributed by atoms with E-state index >= 15 is 0 Å². The van der Waals surface area contributed by atoms with Crippen LogP contribution < -0.4 is 10.2 Å². The van der Waals surface area contributed by atoms with E-state index in [1.807, 2.05) is 30.3 Å². The minimum Gasteiger partial charge on any atom is -0.418 e. The maximum Gasteiger partial charge on any atom is 0.423 e. The zero-order chi connectivity index (χ0) is 26.0. The predicted octanol–water partition coefficient (Wildman–Crippen LogP) is 4.71. The summed E-state index contributed by atoms with van der Waals surface area (Å²) in [5.74, 6) is -0.715. The van der Waals surface area contributed by atoms with Crippen LogP contribution in [-0.2, 0) is 24.4 Å². The second kappa shape index (κ2) is 13.4. The number of carbonyl (C=O) groups is 2. The second-order valence-corrected chi connectivity index (χ2v) is 10.4. The van der Waals surface area contributed by atoms with E-state index in [1.54, 1.807) is 24.3 Å². The van der Waals surface area contributed by atoms with Gasteiger partial charge < -0.3 is 14.8 Å². The number of ether oxygens (including phenoxy) is 2. The van der Waals surface area contributed by atoms with Gasteiger partial charge in [-0.3, -0.25) is 9.35 Å². The maximum absolute atomic E-state index is 13.0. The van der Waals surface area contributed by atoms with Crippen LogP contribution in [0.5, 0.6) is 0 Å². The summed E-state index contributed by atoms with van der Waals surface area (Å²) in [4.78, 5) is 26.1. The molecule has 36 heavy (non-hydrogen) atoms. The Morgan fingerprint density at radius 3 is 2.33 bits per heavy atom. The van der Waals surface area contributed by atoms with Gasteiger partial charge >= 0.3 is 6.09 Å². The van der Waals surface area contributed by atoms with Gasteiger partial charge in [0.25, 0.3) is 10.1 Å². The standard InChI is InChI=1S/C25H29ClN2O7S/c26-21-10-12-23(13-11-21)28(22-4-2-1-3-5-22)25(30)35-17-20-8-6-19(7-9-20)16-34-18-24(29)27-14-15-36(31,32)33/h1-5,10-13,17,19H,6-9,14-16,18H2,(H,27,29)(H,31,32,33). The van der Waals surface area contributed by atoms with Crippen LogP contribution in [0.4, 0.5) is 16.2 Å². The quantitative estimate of drug-likeness (QED) is 0.333. The molecule has 0 radical (unpaired) electrons. The van der Waals surface area contributed by atoms with Crippen molar-refractivity contribution in [2.75, 3.05) is 30.4 Å². The lowest BCUT2D eigenvalue weighted by atomic mass is 9.87. The fourth-order valence-electron chi connectivity index (χ4n) is 3.74. The van der Waals surface area contributed by atoms with Gasteiger partial charge in [0.05, 0.1) is 30.0 Å². The third kappa shape index (κ3) is 9.27. The summed E-state index contributed by atoms with van der Waals surface area (Å²) in [6.45, 7) is 0.0521. The van der Waals surface area contributed by atoms with E-state index < -0.39 is 27.9 Å². The predicted molar refractivity (Wildman–Crippen MR) is 137 cm³/mol. The van der Waals surface area contributed by atoms with Crippen molar-refractivity contribution in [3.63, 3.8) is 0 Å². The lowest BCUT2D eigenvalue weighted by molar-refractivity contribution is -0.126. The first kappa shape index (κ1) is 27.7. The van der Waals surface area contributed by atoms with E-state index in [2.05, 4.69) is 5.32 Å². The molecule has 2 aromatic rings. The summed E-state index contributed by atoms with van der Waals surface area (Å²) in [7, 11) is -4.11. The normalized spacial score (nSPS) is 15.7. The van der Waals surface area contributed by atoms with E-state index in [0.717, 1.165) is 31.3 Å². The molecule has 0 aliphatic heterocycles. The summed E-state index contributed by atoms with van der Waals surface area (Å²) < 4.78 is 40.9. The van der Waals surface area contributed by atoms with E-state index in [4.69, 9.17) is 25.6 Å². The molecule has 0 aromatic heterocycles. The van der Waals surface area contributed by atoms with E-state index in [-0.39, 0.29) is 19.1 Å². The lowest BCUT2D eigenvalue weighted by Crippen LogP contribution is -2.32. The topological polar surface area (TPSA) is 122 Å². The number of hydrogen-bond acceptors (Lipinski definition) is 6. The number of nitrogens with zero attached hydrogens (tertiary/aromatic N) is 1. The second-order valence-electron chi connectivity index (χ2n) is 8.40. The number of benzene rings is 2. The Bertz CT molecular complexity index is 1140. The number of nitrogens with one attached hydrogen (secondary N) is 1. The molecule has 1 fully saturated rings. The molecule has 0 heterocycles. The van der Waals surface area contributed by atoms with Crippen molar-refractivity contribution >= 4 is 45.1 Å². The van der Waals surface area contributed by atoms with Gasteiger partial charge in [0.1, 0.15) is 6.61 Å². The Morgan fingerprint density at radius 2 is 1.69 bits per heavy atom. The molecule has 194 valence electrons. The number of anilines is 2. The van der Waals surface area contributed by atoms with Crippen LogP contribution >= 0.6 is 11.6 Å². The Labute approximate surface area is 215 Å². The first-order chi connectivity index (χ1) is 17.2. The first-order valence-corrected chi connectivity index (χ1v) is 13.5. The van der Waals surface area contributed by atoms with Crippen molar-refractivity contribution in [2.45, 2.75) is 25.7 Å². The van der Waals surface area contributed by atoms with Crippen LogP contribution in [0.3, 0.4) is 0 Å². The highest BCUT2D eigenvalue weighted by atomic mass is 35.5. The molecule has 11 heteroatoms. The molecule has 9 nitrogen and oxygen atoms in total. The molecule has 1 aliphatic rings. The fraction of sp³-hybridized carbons (Fsp3) is 0.360. The summed E-state index contributed by atoms with van der Waals surface area (Å²) in [6, 6.07) is 16.1. The van der Waals surface area contributed by atoms with Crippen molar-refractivity contribution in [1.82, 2.24) is 5.32 Å². The number of rotatable bonds is 10. The molecule has 0 saturated heterocycles. The minimum atomic E-state index is -4.11. The van der Waals surface area contributed by atoms with Crippen LogP contribution in [0, 0.1) is 5.92 Å². The smallest absolute Gasteiger partial charge is 0.418 e. The Morgan fingerprint density at radius 1 is 1.06 bits per heavy atom. The zero-order valence-corrected chi connectivity index (χ0v) is 21.2. The summed E-state index contributed by atoms with van der Waals surface area (Å²) in [6.07, 6.45) is 4.14. The van der Waals surface area contributed by atoms with Crippen LogP contribution in [0.15, 0.2) is 66.4 Å². The van der Waals surface area contributed by atoms with Gasteiger partial charge in [-0.1, -0.05) is 29.8 Å². The molecule has 0 bridgehead atoms. The van der Waals surface area contributed by atoms with Gasteiger partial charge in [-0.05, 0) is 73.6 Å². The lowest BCUT2D eigenvalue weighted by Gasteiger charge is -2.24. The fourth-order valence-corrected chi connectivity index (χ4v) is 4.22. The van der Waals surface area contributed by atoms with E-state index in [1.165, 1.54) is 11.2 Å². The van der Waals surface area contributed by atoms with Gasteiger partial charge in [-0.25, -0.2) is 9.69 Å². The van der Waals surface area contributed by atoms with Crippen molar-refractivity contribution in [1.29, 1.82) is 0 Å². The number of para-hydroxylation sites is 1. The SMILES string of the molecule is O=C(COCC1CCC(=COC(=O)N(c2ccccc2)c2ccc(Cl)cc2)CC1)NCCS(=O)(=O)O. The van der Waals surface area contributed by atoms with Crippen molar-refractivity contribution in [3.05, 3.63) is 71.5 Å². The maximum atomic E-state index is 13.0. The summed E-state index contributed by atoms with van der Waals surface area (Å²) in [5, 5.41) is 2.95. The van der Waals surface area contributed by atoms with Gasteiger partial charge in [-0.2, -0.15) is 8.42 Å².